The third-order valence-corrected chi connectivity index (χ3v) is 6.30. The maximum atomic E-state index is 5.50. The summed E-state index contributed by atoms with van der Waals surface area (Å²) in [5.74, 6) is 0. The molecule has 0 amide bonds. The van der Waals surface area contributed by atoms with Crippen molar-refractivity contribution in [3.63, 3.8) is 0 Å². The maximum Gasteiger partial charge on any atom is 0.0642 e. The molecule has 0 bridgehead atoms. The highest BCUT2D eigenvalue weighted by Crippen LogP contribution is 2.44. The van der Waals surface area contributed by atoms with Gasteiger partial charge in [-0.05, 0) is 52.7 Å². The first-order chi connectivity index (χ1) is 14.2. The lowest BCUT2D eigenvalue weighted by Gasteiger charge is -2.34. The minimum absolute atomic E-state index is 0.0657. The second-order valence-electron chi connectivity index (χ2n) is 8.27. The van der Waals surface area contributed by atoms with E-state index in [1.807, 2.05) is 0 Å². The minimum atomic E-state index is 0.0657. The van der Waals surface area contributed by atoms with Crippen LogP contribution in [0.15, 0.2) is 84.5 Å². The molecule has 1 atom stereocenters. The van der Waals surface area contributed by atoms with Crippen molar-refractivity contribution >= 4 is 11.3 Å². The van der Waals surface area contributed by atoms with Crippen LogP contribution in [0.3, 0.4) is 0 Å². The number of ether oxygens (including phenoxy) is 1. The molecule has 2 aliphatic rings. The molecule has 0 spiro atoms. The van der Waals surface area contributed by atoms with E-state index in [9.17, 15) is 0 Å². The van der Waals surface area contributed by atoms with Crippen molar-refractivity contribution in [2.75, 3.05) is 31.2 Å². The Bertz CT molecular complexity index is 887. The van der Waals surface area contributed by atoms with Crippen LogP contribution in [0.25, 0.3) is 5.57 Å². The fourth-order valence-corrected chi connectivity index (χ4v) is 4.50. The molecule has 2 heteroatoms. The molecule has 0 saturated carbocycles. The number of anilines is 1. The van der Waals surface area contributed by atoms with Gasteiger partial charge in [0.25, 0.3) is 0 Å². The summed E-state index contributed by atoms with van der Waals surface area (Å²) in [6.07, 6.45) is 10.9. The van der Waals surface area contributed by atoms with Gasteiger partial charge in [0.15, 0.2) is 0 Å². The SMILES string of the molecule is CCC(C)(Cc1ccccc1)C(=C1C=CC=C1)c1ccc(N2CCOCC2)cc1. The molecule has 29 heavy (non-hydrogen) atoms. The lowest BCUT2D eigenvalue weighted by molar-refractivity contribution is 0.122. The largest absolute Gasteiger partial charge is 0.378 e. The second kappa shape index (κ2) is 8.84. The Morgan fingerprint density at radius 2 is 1.59 bits per heavy atom. The van der Waals surface area contributed by atoms with Gasteiger partial charge in [-0.1, -0.05) is 80.6 Å². The second-order valence-corrected chi connectivity index (χ2v) is 8.27. The van der Waals surface area contributed by atoms with Crippen LogP contribution in [0, 0.1) is 5.41 Å². The number of benzene rings is 2. The van der Waals surface area contributed by atoms with E-state index in [1.54, 1.807) is 0 Å². The topological polar surface area (TPSA) is 12.5 Å². The summed E-state index contributed by atoms with van der Waals surface area (Å²) < 4.78 is 5.50. The van der Waals surface area contributed by atoms with E-state index in [2.05, 4.69) is 97.6 Å². The standard InChI is InChI=1S/C27H31NO/c1-3-27(2,21-22-9-5-4-6-10-22)26(23-11-7-8-12-23)24-13-15-25(16-14-24)28-17-19-29-20-18-28/h4-16H,3,17-21H2,1-2H3. The highest BCUT2D eigenvalue weighted by molar-refractivity contribution is 5.79. The lowest BCUT2D eigenvalue weighted by Crippen LogP contribution is -2.36. The Morgan fingerprint density at radius 1 is 0.931 bits per heavy atom. The van der Waals surface area contributed by atoms with Gasteiger partial charge in [0, 0.05) is 18.8 Å². The van der Waals surface area contributed by atoms with Crippen LogP contribution < -0.4 is 4.90 Å². The molecule has 2 nitrogen and oxygen atoms in total. The van der Waals surface area contributed by atoms with E-state index >= 15 is 0 Å². The maximum absolute atomic E-state index is 5.50. The lowest BCUT2D eigenvalue weighted by atomic mass is 9.70. The number of allylic oxidation sites excluding steroid dienone is 6. The highest BCUT2D eigenvalue weighted by Gasteiger charge is 2.30. The van der Waals surface area contributed by atoms with Crippen LogP contribution >= 0.6 is 0 Å². The normalized spacial score (nSPS) is 18.1. The van der Waals surface area contributed by atoms with Gasteiger partial charge in [0.05, 0.1) is 13.2 Å². The zero-order valence-electron chi connectivity index (χ0n) is 17.6. The van der Waals surface area contributed by atoms with Crippen molar-refractivity contribution in [2.24, 2.45) is 5.41 Å². The van der Waals surface area contributed by atoms with E-state index in [-0.39, 0.29) is 5.41 Å². The highest BCUT2D eigenvalue weighted by atomic mass is 16.5. The fourth-order valence-electron chi connectivity index (χ4n) is 4.50. The van der Waals surface area contributed by atoms with Crippen LogP contribution in [-0.2, 0) is 11.2 Å². The fraction of sp³-hybridized carbons (Fsp3) is 0.333. The molecule has 1 saturated heterocycles. The predicted octanol–water partition coefficient (Wildman–Crippen LogP) is 6.06. The van der Waals surface area contributed by atoms with Gasteiger partial charge in [0.2, 0.25) is 0 Å². The first-order valence-electron chi connectivity index (χ1n) is 10.8. The molecule has 1 unspecified atom stereocenters. The summed E-state index contributed by atoms with van der Waals surface area (Å²) in [5.41, 5.74) is 6.86. The number of hydrogen-bond acceptors (Lipinski definition) is 2. The molecule has 0 N–H and O–H groups in total. The van der Waals surface area contributed by atoms with Crippen LogP contribution in [-0.4, -0.2) is 26.3 Å². The number of rotatable bonds is 6. The summed E-state index contributed by atoms with van der Waals surface area (Å²) in [6.45, 7) is 8.31. The van der Waals surface area contributed by atoms with Crippen molar-refractivity contribution in [3.8, 4) is 0 Å². The molecule has 1 fully saturated rings. The third-order valence-electron chi connectivity index (χ3n) is 6.30. The van der Waals surface area contributed by atoms with E-state index in [1.165, 1.54) is 28.0 Å². The Balaban J connectivity index is 1.70. The molecule has 4 rings (SSSR count). The third kappa shape index (κ3) is 4.38. The Labute approximate surface area is 175 Å². The molecular formula is C27H31NO. The summed E-state index contributed by atoms with van der Waals surface area (Å²) >= 11 is 0. The molecule has 0 aromatic heterocycles. The predicted molar refractivity (Wildman–Crippen MR) is 123 cm³/mol. The van der Waals surface area contributed by atoms with E-state index in [0.29, 0.717) is 0 Å². The Kier molecular flexibility index (Phi) is 6.01. The van der Waals surface area contributed by atoms with E-state index < -0.39 is 0 Å². The van der Waals surface area contributed by atoms with Gasteiger partial charge in [-0.15, -0.1) is 0 Å². The number of hydrogen-bond donors (Lipinski definition) is 0. The molecule has 1 heterocycles. The number of nitrogens with zero attached hydrogens (tertiary/aromatic N) is 1. The summed E-state index contributed by atoms with van der Waals surface area (Å²) in [7, 11) is 0. The van der Waals surface area contributed by atoms with E-state index in [4.69, 9.17) is 4.74 Å². The Hall–Kier alpha value is -2.58. The number of morpholine rings is 1. The van der Waals surface area contributed by atoms with Crippen LogP contribution in [0.5, 0.6) is 0 Å². The van der Waals surface area contributed by atoms with Gasteiger partial charge in [0.1, 0.15) is 0 Å². The van der Waals surface area contributed by atoms with Gasteiger partial charge in [-0.2, -0.15) is 0 Å². The molecule has 2 aromatic rings. The summed E-state index contributed by atoms with van der Waals surface area (Å²) in [4.78, 5) is 2.42. The average Bonchev–Trinajstić information content (AvgIpc) is 3.30. The van der Waals surface area contributed by atoms with Crippen molar-refractivity contribution in [3.05, 3.63) is 95.6 Å². The van der Waals surface area contributed by atoms with Crippen LogP contribution in [0.2, 0.25) is 0 Å². The van der Waals surface area contributed by atoms with Crippen molar-refractivity contribution in [1.82, 2.24) is 0 Å². The first-order valence-corrected chi connectivity index (χ1v) is 10.8. The zero-order chi connectivity index (χ0) is 20.1. The molecule has 2 aromatic carbocycles. The van der Waals surface area contributed by atoms with Gasteiger partial charge in [-0.25, -0.2) is 0 Å². The summed E-state index contributed by atoms with van der Waals surface area (Å²) in [6, 6.07) is 20.1. The van der Waals surface area contributed by atoms with Crippen LogP contribution in [0.4, 0.5) is 5.69 Å². The Morgan fingerprint density at radius 3 is 2.21 bits per heavy atom. The first kappa shape index (κ1) is 19.7. The van der Waals surface area contributed by atoms with Crippen molar-refractivity contribution in [1.29, 1.82) is 0 Å². The zero-order valence-corrected chi connectivity index (χ0v) is 17.6. The molecule has 1 aliphatic heterocycles. The molecule has 0 radical (unpaired) electrons. The van der Waals surface area contributed by atoms with Crippen LogP contribution in [0.1, 0.15) is 31.4 Å². The van der Waals surface area contributed by atoms with Gasteiger partial charge >= 0.3 is 0 Å². The molecule has 1 aliphatic carbocycles. The molecule has 150 valence electrons. The summed E-state index contributed by atoms with van der Waals surface area (Å²) in [5, 5.41) is 0. The van der Waals surface area contributed by atoms with Crippen molar-refractivity contribution < 1.29 is 4.74 Å². The smallest absolute Gasteiger partial charge is 0.0642 e. The van der Waals surface area contributed by atoms with Gasteiger partial charge < -0.3 is 9.64 Å². The van der Waals surface area contributed by atoms with Gasteiger partial charge in [-0.3, -0.25) is 0 Å². The minimum Gasteiger partial charge on any atom is -0.378 e. The van der Waals surface area contributed by atoms with E-state index in [0.717, 1.165) is 39.1 Å². The molecular weight excluding hydrogens is 354 g/mol. The average molecular weight is 386 g/mol. The monoisotopic (exact) mass is 385 g/mol. The quantitative estimate of drug-likeness (QED) is 0.599. The van der Waals surface area contributed by atoms with Crippen molar-refractivity contribution in [2.45, 2.75) is 26.7 Å².